The number of benzene rings is 1. The van der Waals surface area contributed by atoms with E-state index >= 15 is 0 Å². The van der Waals surface area contributed by atoms with Crippen LogP contribution in [0.4, 0.5) is 4.39 Å². The number of hydrogen-bond acceptors (Lipinski definition) is 4. The first-order chi connectivity index (χ1) is 14.3. The second kappa shape index (κ2) is 8.05. The van der Waals surface area contributed by atoms with E-state index in [1.54, 1.807) is 12.3 Å². The van der Waals surface area contributed by atoms with Crippen molar-refractivity contribution in [2.75, 3.05) is 13.1 Å². The van der Waals surface area contributed by atoms with Crippen LogP contribution >= 0.6 is 0 Å². The molecule has 1 unspecified atom stereocenters. The summed E-state index contributed by atoms with van der Waals surface area (Å²) in [5, 5.41) is 7.21. The van der Waals surface area contributed by atoms with Gasteiger partial charge in [0, 0.05) is 30.6 Å². The van der Waals surface area contributed by atoms with E-state index in [9.17, 15) is 9.18 Å². The highest BCUT2D eigenvalue weighted by molar-refractivity contribution is 5.92. The quantitative estimate of drug-likeness (QED) is 0.690. The molecule has 1 aliphatic rings. The van der Waals surface area contributed by atoms with Crippen molar-refractivity contribution in [3.8, 4) is 0 Å². The van der Waals surface area contributed by atoms with E-state index in [1.807, 2.05) is 17.0 Å². The van der Waals surface area contributed by atoms with Gasteiger partial charge in [-0.2, -0.15) is 5.10 Å². The Morgan fingerprint density at radius 1 is 1.33 bits per heavy atom. The molecule has 1 amide bonds. The van der Waals surface area contributed by atoms with Crippen LogP contribution in [0.15, 0.2) is 40.9 Å². The summed E-state index contributed by atoms with van der Waals surface area (Å²) in [6.07, 6.45) is 3.99. The van der Waals surface area contributed by atoms with Crippen LogP contribution < -0.4 is 0 Å². The molecule has 0 saturated carbocycles. The molecule has 30 heavy (non-hydrogen) atoms. The number of hydrogen-bond donors (Lipinski definition) is 1. The normalized spacial score (nSPS) is 17.3. The van der Waals surface area contributed by atoms with Crippen LogP contribution in [0.2, 0.25) is 0 Å². The number of halogens is 1. The summed E-state index contributed by atoms with van der Waals surface area (Å²) in [7, 11) is 0. The molecule has 1 fully saturated rings. The minimum absolute atomic E-state index is 0.0463. The van der Waals surface area contributed by atoms with Crippen molar-refractivity contribution in [1.29, 1.82) is 0 Å². The van der Waals surface area contributed by atoms with Gasteiger partial charge in [0.1, 0.15) is 17.3 Å². The minimum Gasteiger partial charge on any atom is -0.445 e. The van der Waals surface area contributed by atoms with Crippen molar-refractivity contribution in [2.24, 2.45) is 0 Å². The molecule has 1 aromatic carbocycles. The summed E-state index contributed by atoms with van der Waals surface area (Å²) in [5.74, 6) is 1.04. The van der Waals surface area contributed by atoms with Gasteiger partial charge in [-0.05, 0) is 36.6 Å². The summed E-state index contributed by atoms with van der Waals surface area (Å²) < 4.78 is 19.4. The zero-order valence-corrected chi connectivity index (χ0v) is 17.6. The number of piperidine rings is 1. The molecule has 7 heteroatoms. The van der Waals surface area contributed by atoms with Gasteiger partial charge in [0.25, 0.3) is 5.91 Å². The van der Waals surface area contributed by atoms with Gasteiger partial charge in [-0.15, -0.1) is 0 Å². The molecular formula is C23H27FN4O2. The maximum Gasteiger partial charge on any atom is 0.274 e. The molecular weight excluding hydrogens is 383 g/mol. The molecule has 1 saturated heterocycles. The molecule has 0 radical (unpaired) electrons. The van der Waals surface area contributed by atoms with E-state index in [-0.39, 0.29) is 23.1 Å². The van der Waals surface area contributed by atoms with Gasteiger partial charge in [0.15, 0.2) is 5.89 Å². The van der Waals surface area contributed by atoms with Gasteiger partial charge in [-0.1, -0.05) is 32.9 Å². The van der Waals surface area contributed by atoms with E-state index in [2.05, 4.69) is 36.0 Å². The van der Waals surface area contributed by atoms with E-state index in [0.717, 1.165) is 24.1 Å². The van der Waals surface area contributed by atoms with E-state index in [4.69, 9.17) is 4.42 Å². The summed E-state index contributed by atoms with van der Waals surface area (Å²) in [5.41, 5.74) is 2.13. The number of aromatic nitrogens is 3. The Kier molecular flexibility index (Phi) is 5.45. The number of carbonyl (C=O) groups is 1. The molecule has 0 aliphatic carbocycles. The number of nitrogens with one attached hydrogen (secondary N) is 1. The molecule has 3 aromatic rings. The number of likely N-dealkylation sites (tertiary alicyclic amines) is 1. The summed E-state index contributed by atoms with van der Waals surface area (Å²) in [6.45, 7) is 7.49. The Balaban J connectivity index is 1.43. The lowest BCUT2D eigenvalue weighted by Crippen LogP contribution is -2.39. The zero-order chi connectivity index (χ0) is 21.3. The molecule has 1 N–H and O–H groups in total. The number of rotatable bonds is 4. The lowest BCUT2D eigenvalue weighted by atomic mass is 9.92. The molecule has 6 nitrogen and oxygen atoms in total. The van der Waals surface area contributed by atoms with Crippen molar-refractivity contribution in [3.05, 3.63) is 70.9 Å². The van der Waals surface area contributed by atoms with Gasteiger partial charge in [0.05, 0.1) is 12.1 Å². The highest BCUT2D eigenvalue weighted by Gasteiger charge is 2.30. The third-order valence-corrected chi connectivity index (χ3v) is 5.50. The van der Waals surface area contributed by atoms with Crippen molar-refractivity contribution < 1.29 is 13.6 Å². The van der Waals surface area contributed by atoms with Crippen molar-refractivity contribution >= 4 is 5.91 Å². The first kappa shape index (κ1) is 20.3. The summed E-state index contributed by atoms with van der Waals surface area (Å²) in [6, 6.07) is 8.31. The Morgan fingerprint density at radius 3 is 2.90 bits per heavy atom. The second-order valence-corrected chi connectivity index (χ2v) is 8.98. The highest BCUT2D eigenvalue weighted by atomic mass is 19.1. The van der Waals surface area contributed by atoms with Crippen LogP contribution in [0, 0.1) is 5.82 Å². The van der Waals surface area contributed by atoms with E-state index in [0.29, 0.717) is 36.9 Å². The monoisotopic (exact) mass is 410 g/mol. The SMILES string of the molecule is CC(C)(C)c1cc(C(=O)N2CCCC(c3ncc(Cc4cccc(F)c4)o3)C2)n[nH]1. The smallest absolute Gasteiger partial charge is 0.274 e. The Hall–Kier alpha value is -2.96. The second-order valence-electron chi connectivity index (χ2n) is 8.98. The fourth-order valence-corrected chi connectivity index (χ4v) is 3.78. The number of amides is 1. The van der Waals surface area contributed by atoms with Crippen LogP contribution in [0.25, 0.3) is 0 Å². The number of oxazole rings is 1. The summed E-state index contributed by atoms with van der Waals surface area (Å²) >= 11 is 0. The first-order valence-electron chi connectivity index (χ1n) is 10.3. The number of aromatic amines is 1. The predicted molar refractivity (Wildman–Crippen MR) is 111 cm³/mol. The third kappa shape index (κ3) is 4.45. The zero-order valence-electron chi connectivity index (χ0n) is 17.6. The fourth-order valence-electron chi connectivity index (χ4n) is 3.78. The molecule has 0 bridgehead atoms. The van der Waals surface area contributed by atoms with Gasteiger partial charge in [0.2, 0.25) is 0 Å². The van der Waals surface area contributed by atoms with Crippen LogP contribution in [0.3, 0.4) is 0 Å². The molecule has 0 spiro atoms. The average molecular weight is 410 g/mol. The standard InChI is InChI=1S/C23H27FN4O2/c1-23(2,3)20-12-19(26-27-20)22(29)28-9-5-7-16(14-28)21-25-13-18(30-21)11-15-6-4-8-17(24)10-15/h4,6,8,10,12-13,16H,5,7,9,11,14H2,1-3H3,(H,26,27). The lowest BCUT2D eigenvalue weighted by Gasteiger charge is -2.30. The van der Waals surface area contributed by atoms with Gasteiger partial charge < -0.3 is 9.32 Å². The van der Waals surface area contributed by atoms with Crippen LogP contribution in [0.1, 0.15) is 72.9 Å². The predicted octanol–water partition coefficient (Wildman–Crippen LogP) is 4.44. The summed E-state index contributed by atoms with van der Waals surface area (Å²) in [4.78, 5) is 19.2. The molecule has 1 aliphatic heterocycles. The van der Waals surface area contributed by atoms with Crippen LogP contribution in [0.5, 0.6) is 0 Å². The minimum atomic E-state index is -0.262. The maximum absolute atomic E-state index is 13.4. The van der Waals surface area contributed by atoms with Crippen molar-refractivity contribution in [1.82, 2.24) is 20.1 Å². The molecule has 3 heterocycles. The Labute approximate surface area is 175 Å². The average Bonchev–Trinajstić information content (AvgIpc) is 3.37. The van der Waals surface area contributed by atoms with E-state index < -0.39 is 0 Å². The topological polar surface area (TPSA) is 75.0 Å². The first-order valence-corrected chi connectivity index (χ1v) is 10.3. The molecule has 1 atom stereocenters. The van der Waals surface area contributed by atoms with Crippen molar-refractivity contribution in [2.45, 2.75) is 51.4 Å². The lowest BCUT2D eigenvalue weighted by molar-refractivity contribution is 0.0692. The van der Waals surface area contributed by atoms with Gasteiger partial charge in [-0.3, -0.25) is 9.89 Å². The Bertz CT molecular complexity index is 1030. The van der Waals surface area contributed by atoms with E-state index in [1.165, 1.54) is 12.1 Å². The molecule has 158 valence electrons. The maximum atomic E-state index is 13.4. The largest absolute Gasteiger partial charge is 0.445 e. The van der Waals surface area contributed by atoms with Gasteiger partial charge in [-0.25, -0.2) is 9.37 Å². The number of nitrogens with zero attached hydrogens (tertiary/aromatic N) is 3. The molecule has 4 rings (SSSR count). The highest BCUT2D eigenvalue weighted by Crippen LogP contribution is 2.28. The fraction of sp³-hybridized carbons (Fsp3) is 0.435. The Morgan fingerprint density at radius 2 is 2.17 bits per heavy atom. The van der Waals surface area contributed by atoms with Gasteiger partial charge >= 0.3 is 0 Å². The van der Waals surface area contributed by atoms with Crippen molar-refractivity contribution in [3.63, 3.8) is 0 Å². The molecule has 2 aromatic heterocycles. The van der Waals surface area contributed by atoms with Crippen LogP contribution in [-0.4, -0.2) is 39.1 Å². The number of carbonyl (C=O) groups excluding carboxylic acids is 1. The van der Waals surface area contributed by atoms with Crippen LogP contribution in [-0.2, 0) is 11.8 Å². The number of H-pyrrole nitrogens is 1. The third-order valence-electron chi connectivity index (χ3n) is 5.50.